The molecule has 0 aromatic carbocycles. The summed E-state index contributed by atoms with van der Waals surface area (Å²) in [6.45, 7) is 4.09. The van der Waals surface area contributed by atoms with Crippen LogP contribution in [0, 0.1) is 0 Å². The lowest BCUT2D eigenvalue weighted by Crippen LogP contribution is -2.37. The zero-order valence-corrected chi connectivity index (χ0v) is 48.0. The molecule has 0 aliphatic rings. The third-order valence-electron chi connectivity index (χ3n) is 12.4. The molecule has 0 fully saturated rings. The topological polar surface area (TPSA) is 111 Å². The Morgan fingerprint density at radius 2 is 0.792 bits per heavy atom. The normalized spacial score (nSPS) is 13.9. The van der Waals surface area contributed by atoms with Crippen molar-refractivity contribution in [3.8, 4) is 0 Å². The molecule has 0 amide bonds. The Balaban J connectivity index is 4.10. The maximum atomic E-state index is 12.8. The van der Waals surface area contributed by atoms with Crippen LogP contribution in [0.3, 0.4) is 0 Å². The molecule has 0 aliphatic heterocycles. The Kier molecular flexibility index (Phi) is 51.0. The first-order valence-electron chi connectivity index (χ1n) is 29.3. The molecule has 0 bridgehead atoms. The molecule has 10 heteroatoms. The van der Waals surface area contributed by atoms with Gasteiger partial charge in [0.05, 0.1) is 27.7 Å². The van der Waals surface area contributed by atoms with Gasteiger partial charge in [-0.15, -0.1) is 0 Å². The fourth-order valence-corrected chi connectivity index (χ4v) is 8.62. The number of esters is 2. The van der Waals surface area contributed by atoms with Crippen LogP contribution in [0.1, 0.15) is 245 Å². The second-order valence-electron chi connectivity index (χ2n) is 20.6. The smallest absolute Gasteiger partial charge is 0.306 e. The van der Waals surface area contributed by atoms with Crippen LogP contribution in [-0.2, 0) is 32.7 Å². The lowest BCUT2D eigenvalue weighted by molar-refractivity contribution is -0.870. The molecular weight excluding hydrogens is 918 g/mol. The number of unbranched alkanes of at least 4 members (excludes halogenated alkanes) is 25. The highest BCUT2D eigenvalue weighted by Crippen LogP contribution is 2.38. The predicted molar refractivity (Wildman–Crippen MR) is 305 cm³/mol. The fraction of sp³-hybridized carbons (Fsp3) is 0.742. The van der Waals surface area contributed by atoms with Crippen molar-refractivity contribution in [3.63, 3.8) is 0 Å². The Morgan fingerprint density at radius 3 is 1.18 bits per heavy atom. The number of nitrogens with zero attached hydrogens (tertiary/aromatic N) is 1. The molecule has 0 saturated heterocycles. The van der Waals surface area contributed by atoms with Crippen LogP contribution >= 0.6 is 7.82 Å². The van der Waals surface area contributed by atoms with Crippen LogP contribution in [0.5, 0.6) is 0 Å². The highest BCUT2D eigenvalue weighted by molar-refractivity contribution is 7.45. The van der Waals surface area contributed by atoms with Crippen molar-refractivity contribution in [2.75, 3.05) is 47.5 Å². The van der Waals surface area contributed by atoms with Crippen molar-refractivity contribution >= 4 is 19.8 Å². The molecule has 0 radical (unpaired) electrons. The molecule has 0 aromatic rings. The first-order chi connectivity index (χ1) is 35.0. The average Bonchev–Trinajstić information content (AvgIpc) is 3.34. The van der Waals surface area contributed by atoms with Crippen molar-refractivity contribution in [2.24, 2.45) is 0 Å². The summed E-state index contributed by atoms with van der Waals surface area (Å²) >= 11 is 0. The second-order valence-corrected chi connectivity index (χ2v) is 22.0. The van der Waals surface area contributed by atoms with Gasteiger partial charge in [-0.05, 0) is 89.9 Å². The molecule has 0 rings (SSSR count). The minimum absolute atomic E-state index is 0.0391. The van der Waals surface area contributed by atoms with Crippen molar-refractivity contribution in [2.45, 2.75) is 251 Å². The summed E-state index contributed by atoms with van der Waals surface area (Å²) in [6.07, 6.45) is 70.7. The monoisotopic (exact) mass is 1030 g/mol. The highest BCUT2D eigenvalue weighted by Gasteiger charge is 2.21. The minimum Gasteiger partial charge on any atom is -0.756 e. The van der Waals surface area contributed by atoms with E-state index in [2.05, 4.69) is 98.9 Å². The Labute approximate surface area is 443 Å². The van der Waals surface area contributed by atoms with Crippen LogP contribution in [0.2, 0.25) is 0 Å². The highest BCUT2D eigenvalue weighted by atomic mass is 31.2. The summed E-state index contributed by atoms with van der Waals surface area (Å²) in [6, 6.07) is 0. The van der Waals surface area contributed by atoms with E-state index in [1.807, 2.05) is 21.1 Å². The van der Waals surface area contributed by atoms with Gasteiger partial charge < -0.3 is 27.9 Å². The van der Waals surface area contributed by atoms with Crippen LogP contribution in [0.4, 0.5) is 0 Å². The van der Waals surface area contributed by atoms with Gasteiger partial charge in [0.2, 0.25) is 0 Å². The van der Waals surface area contributed by atoms with E-state index in [1.54, 1.807) is 0 Å². The summed E-state index contributed by atoms with van der Waals surface area (Å²) in [7, 11) is 1.14. The lowest BCUT2D eigenvalue weighted by Gasteiger charge is -2.28. The van der Waals surface area contributed by atoms with E-state index in [1.165, 1.54) is 128 Å². The number of likely N-dealkylation sites (N-methyl/N-ethyl adjacent to an activating group) is 1. The van der Waals surface area contributed by atoms with E-state index in [4.69, 9.17) is 18.5 Å². The SMILES string of the molecule is CC/C=C\C/C=C\C/C=C\C/C=C\CCCCCCC(=O)OC(COC(=O)CCCCCCCCCCCCCCCCCC/C=C\C/C=C\C/C=C\CCCCCCC)COP(=O)([O-])OCC[N+](C)(C)C. The van der Waals surface area contributed by atoms with E-state index in [0.717, 1.165) is 83.5 Å². The molecule has 0 saturated carbocycles. The van der Waals surface area contributed by atoms with Crippen molar-refractivity contribution in [1.82, 2.24) is 0 Å². The number of hydrogen-bond donors (Lipinski definition) is 0. The van der Waals surface area contributed by atoms with Gasteiger partial charge in [-0.25, -0.2) is 0 Å². The fourth-order valence-electron chi connectivity index (χ4n) is 7.89. The molecule has 416 valence electrons. The zero-order chi connectivity index (χ0) is 52.7. The summed E-state index contributed by atoms with van der Waals surface area (Å²) in [5.41, 5.74) is 0. The number of carbonyl (C=O) groups excluding carboxylic acids is 2. The van der Waals surface area contributed by atoms with Crippen LogP contribution < -0.4 is 4.89 Å². The number of carbonyl (C=O) groups is 2. The molecular formula is C62H110NO8P. The summed E-state index contributed by atoms with van der Waals surface area (Å²) in [5, 5.41) is 0. The van der Waals surface area contributed by atoms with Gasteiger partial charge in [-0.1, -0.05) is 227 Å². The number of hydrogen-bond acceptors (Lipinski definition) is 8. The van der Waals surface area contributed by atoms with Crippen molar-refractivity contribution < 1.29 is 42.1 Å². The van der Waals surface area contributed by atoms with Gasteiger partial charge in [-0.3, -0.25) is 14.2 Å². The van der Waals surface area contributed by atoms with Gasteiger partial charge in [0.15, 0.2) is 6.10 Å². The number of quaternary nitrogens is 1. The molecule has 2 unspecified atom stereocenters. The third kappa shape index (κ3) is 56.5. The number of ether oxygens (including phenoxy) is 2. The largest absolute Gasteiger partial charge is 0.756 e. The number of allylic oxidation sites excluding steroid dienone is 14. The maximum Gasteiger partial charge on any atom is 0.306 e. The summed E-state index contributed by atoms with van der Waals surface area (Å²) < 4.78 is 34.1. The Bertz CT molecular complexity index is 1490. The van der Waals surface area contributed by atoms with Crippen molar-refractivity contribution in [1.29, 1.82) is 0 Å². The Morgan fingerprint density at radius 1 is 0.444 bits per heavy atom. The maximum absolute atomic E-state index is 12.8. The Hall–Kier alpha value is -2.81. The molecule has 9 nitrogen and oxygen atoms in total. The molecule has 0 aliphatic carbocycles. The average molecular weight is 1030 g/mol. The standard InChI is InChI=1S/C62H110NO8P/c1-6-8-10-12-14-16-18-20-22-24-25-26-27-28-29-30-31-32-33-34-35-36-37-39-40-42-44-46-48-50-52-54-61(64)68-58-60(59-70-72(66,67)69-57-56-63(3,4)5)71-62(65)55-53-51-49-47-45-43-41-38-23-21-19-17-15-13-11-9-7-2/h9,11,15,17-18,20-21,23-25,27-28,41,43,60H,6-8,10,12-14,16,19,22,26,29-40,42,44-59H2,1-5H3/b11-9-,17-15-,20-18-,23-21-,25-24-,28-27-,43-41-. The number of phosphoric ester groups is 1. The second kappa shape index (κ2) is 53.0. The van der Waals surface area contributed by atoms with E-state index in [0.29, 0.717) is 17.4 Å². The van der Waals surface area contributed by atoms with E-state index >= 15 is 0 Å². The molecule has 0 N–H and O–H groups in total. The van der Waals surface area contributed by atoms with Gasteiger partial charge in [0.1, 0.15) is 19.8 Å². The predicted octanol–water partition coefficient (Wildman–Crippen LogP) is 17.6. The molecule has 72 heavy (non-hydrogen) atoms. The van der Waals surface area contributed by atoms with Gasteiger partial charge >= 0.3 is 11.9 Å². The van der Waals surface area contributed by atoms with Gasteiger partial charge in [0, 0.05) is 12.8 Å². The first-order valence-corrected chi connectivity index (χ1v) is 30.8. The van der Waals surface area contributed by atoms with Crippen LogP contribution in [0.25, 0.3) is 0 Å². The van der Waals surface area contributed by atoms with Crippen LogP contribution in [-0.4, -0.2) is 70.0 Å². The van der Waals surface area contributed by atoms with E-state index in [-0.39, 0.29) is 26.1 Å². The molecule has 0 heterocycles. The molecule has 0 spiro atoms. The zero-order valence-electron chi connectivity index (χ0n) is 47.1. The third-order valence-corrected chi connectivity index (χ3v) is 13.4. The van der Waals surface area contributed by atoms with E-state index in [9.17, 15) is 19.0 Å². The van der Waals surface area contributed by atoms with E-state index < -0.39 is 32.5 Å². The number of phosphoric acid groups is 1. The minimum atomic E-state index is -4.65. The quantitative estimate of drug-likeness (QED) is 0.0195. The first kappa shape index (κ1) is 69.2. The van der Waals surface area contributed by atoms with Gasteiger partial charge in [-0.2, -0.15) is 0 Å². The van der Waals surface area contributed by atoms with Gasteiger partial charge in [0.25, 0.3) is 7.82 Å². The molecule has 2 atom stereocenters. The van der Waals surface area contributed by atoms with Crippen molar-refractivity contribution in [3.05, 3.63) is 85.1 Å². The summed E-state index contributed by atoms with van der Waals surface area (Å²) in [4.78, 5) is 37.8. The number of rotatable bonds is 53. The lowest BCUT2D eigenvalue weighted by atomic mass is 10.0. The molecule has 0 aromatic heterocycles. The summed E-state index contributed by atoms with van der Waals surface area (Å²) in [5.74, 6) is -0.861. The van der Waals surface area contributed by atoms with Crippen LogP contribution in [0.15, 0.2) is 85.1 Å².